The molecule has 1 saturated carbocycles. The molecular formula is C7H13NO2. The van der Waals surface area contributed by atoms with Crippen molar-refractivity contribution in [1.29, 1.82) is 0 Å². The van der Waals surface area contributed by atoms with Crippen LogP contribution >= 0.6 is 0 Å². The summed E-state index contributed by atoms with van der Waals surface area (Å²) < 4.78 is 0. The molecule has 0 unspecified atom stereocenters. The van der Waals surface area contributed by atoms with Crippen LogP contribution in [0.25, 0.3) is 0 Å². The third kappa shape index (κ3) is 1.29. The van der Waals surface area contributed by atoms with Crippen molar-refractivity contribution in [3.05, 3.63) is 0 Å². The van der Waals surface area contributed by atoms with Crippen molar-refractivity contribution in [3.8, 4) is 0 Å². The fourth-order valence-electron chi connectivity index (χ4n) is 1.36. The van der Waals surface area contributed by atoms with Gasteiger partial charge in [0.15, 0.2) is 0 Å². The number of aliphatic carboxylic acids is 1. The molecule has 3 atom stereocenters. The lowest BCUT2D eigenvalue weighted by Gasteiger charge is -2.06. The molecule has 10 heavy (non-hydrogen) atoms. The second kappa shape index (κ2) is 2.58. The molecule has 1 fully saturated rings. The van der Waals surface area contributed by atoms with Crippen molar-refractivity contribution in [1.82, 2.24) is 0 Å². The topological polar surface area (TPSA) is 63.3 Å². The molecule has 0 saturated heterocycles. The van der Waals surface area contributed by atoms with E-state index in [1.54, 1.807) is 0 Å². The van der Waals surface area contributed by atoms with Gasteiger partial charge in [0.1, 0.15) is 0 Å². The van der Waals surface area contributed by atoms with Crippen LogP contribution in [0.5, 0.6) is 0 Å². The highest BCUT2D eigenvalue weighted by molar-refractivity contribution is 5.71. The number of carboxylic acids is 1. The minimum Gasteiger partial charge on any atom is -0.481 e. The van der Waals surface area contributed by atoms with Gasteiger partial charge in [0.05, 0.1) is 5.92 Å². The fourth-order valence-corrected chi connectivity index (χ4v) is 1.36. The number of rotatable bonds is 3. The molecule has 1 aliphatic carbocycles. The Morgan fingerprint density at radius 1 is 1.90 bits per heavy atom. The lowest BCUT2D eigenvalue weighted by Crippen LogP contribution is -2.18. The molecular weight excluding hydrogens is 130 g/mol. The maximum Gasteiger partial charge on any atom is 0.306 e. The van der Waals surface area contributed by atoms with E-state index in [2.05, 4.69) is 0 Å². The lowest BCUT2D eigenvalue weighted by molar-refractivity contribution is -0.142. The van der Waals surface area contributed by atoms with Crippen LogP contribution in [-0.4, -0.2) is 17.1 Å². The number of carboxylic acid groups (broad SMARTS) is 1. The second-order valence-electron chi connectivity index (χ2n) is 2.92. The van der Waals surface area contributed by atoms with Gasteiger partial charge in [-0.2, -0.15) is 0 Å². The van der Waals surface area contributed by atoms with Crippen LogP contribution in [0.3, 0.4) is 0 Å². The van der Waals surface area contributed by atoms with Gasteiger partial charge >= 0.3 is 5.97 Å². The average molecular weight is 143 g/mol. The zero-order chi connectivity index (χ0) is 7.72. The monoisotopic (exact) mass is 143 g/mol. The van der Waals surface area contributed by atoms with Gasteiger partial charge in [0, 0.05) is 6.04 Å². The van der Waals surface area contributed by atoms with E-state index >= 15 is 0 Å². The Hall–Kier alpha value is -0.570. The second-order valence-corrected chi connectivity index (χ2v) is 2.92. The summed E-state index contributed by atoms with van der Waals surface area (Å²) >= 11 is 0. The molecule has 0 amide bonds. The molecule has 0 spiro atoms. The Morgan fingerprint density at radius 2 is 2.40 bits per heavy atom. The van der Waals surface area contributed by atoms with Crippen LogP contribution in [-0.2, 0) is 4.79 Å². The predicted octanol–water partition coefficient (Wildman–Crippen LogP) is 0.444. The molecule has 0 radical (unpaired) electrons. The first kappa shape index (κ1) is 7.54. The van der Waals surface area contributed by atoms with Crippen molar-refractivity contribution < 1.29 is 9.90 Å². The molecule has 0 heterocycles. The maximum atomic E-state index is 10.5. The molecule has 0 aromatic heterocycles. The summed E-state index contributed by atoms with van der Waals surface area (Å²) in [5.74, 6) is -0.641. The predicted molar refractivity (Wildman–Crippen MR) is 37.5 cm³/mol. The minimum absolute atomic E-state index is 0.154. The van der Waals surface area contributed by atoms with E-state index < -0.39 is 5.97 Å². The van der Waals surface area contributed by atoms with Crippen LogP contribution in [0, 0.1) is 11.8 Å². The molecule has 0 aliphatic heterocycles. The van der Waals surface area contributed by atoms with Gasteiger partial charge < -0.3 is 10.8 Å². The zero-order valence-electron chi connectivity index (χ0n) is 6.08. The smallest absolute Gasteiger partial charge is 0.306 e. The van der Waals surface area contributed by atoms with Crippen molar-refractivity contribution in [2.24, 2.45) is 17.6 Å². The quantitative estimate of drug-likeness (QED) is 0.602. The molecule has 3 heteroatoms. The first-order chi connectivity index (χ1) is 4.66. The summed E-state index contributed by atoms with van der Waals surface area (Å²) in [5, 5.41) is 8.65. The van der Waals surface area contributed by atoms with E-state index in [0.717, 1.165) is 6.42 Å². The van der Waals surface area contributed by atoms with E-state index in [9.17, 15) is 4.79 Å². The number of hydrogen-bond acceptors (Lipinski definition) is 2. The van der Waals surface area contributed by atoms with E-state index in [1.165, 1.54) is 0 Å². The van der Waals surface area contributed by atoms with Gasteiger partial charge in [-0.3, -0.25) is 4.79 Å². The van der Waals surface area contributed by atoms with Crippen molar-refractivity contribution in [3.63, 3.8) is 0 Å². The molecule has 1 rings (SSSR count). The molecule has 58 valence electrons. The van der Waals surface area contributed by atoms with Gasteiger partial charge in [-0.25, -0.2) is 0 Å². The van der Waals surface area contributed by atoms with E-state index in [0.29, 0.717) is 6.42 Å². The maximum absolute atomic E-state index is 10.5. The van der Waals surface area contributed by atoms with Gasteiger partial charge in [-0.15, -0.1) is 0 Å². The minimum atomic E-state index is -0.694. The van der Waals surface area contributed by atoms with Crippen LogP contribution in [0.1, 0.15) is 19.8 Å². The highest BCUT2D eigenvalue weighted by Gasteiger charge is 2.42. The zero-order valence-corrected chi connectivity index (χ0v) is 6.08. The summed E-state index contributed by atoms with van der Waals surface area (Å²) in [6, 6.07) is 0.154. The van der Waals surface area contributed by atoms with Crippen molar-refractivity contribution in [2.75, 3.05) is 0 Å². The van der Waals surface area contributed by atoms with Crippen LogP contribution in [0.15, 0.2) is 0 Å². The number of nitrogens with two attached hydrogens (primary N) is 1. The number of hydrogen-bond donors (Lipinski definition) is 2. The fraction of sp³-hybridized carbons (Fsp3) is 0.857. The standard InChI is InChI=1S/C7H13NO2/c1-2-4(7(9)10)5-3-6(5)8/h4-6H,2-3,8H2,1H3,(H,9,10)/t4-,5+,6-/m1/s1. The van der Waals surface area contributed by atoms with Crippen LogP contribution in [0.4, 0.5) is 0 Å². The van der Waals surface area contributed by atoms with Gasteiger partial charge in [-0.1, -0.05) is 6.92 Å². The van der Waals surface area contributed by atoms with Gasteiger partial charge in [0.25, 0.3) is 0 Å². The van der Waals surface area contributed by atoms with Crippen LogP contribution < -0.4 is 5.73 Å². The normalized spacial score (nSPS) is 33.4. The Morgan fingerprint density at radius 3 is 2.50 bits per heavy atom. The lowest BCUT2D eigenvalue weighted by atomic mass is 10.0. The Kier molecular flexibility index (Phi) is 1.94. The van der Waals surface area contributed by atoms with Crippen molar-refractivity contribution >= 4 is 5.97 Å². The highest BCUT2D eigenvalue weighted by atomic mass is 16.4. The molecule has 3 N–H and O–H groups in total. The highest BCUT2D eigenvalue weighted by Crippen LogP contribution is 2.37. The summed E-state index contributed by atoms with van der Waals surface area (Å²) in [4.78, 5) is 10.5. The number of carbonyl (C=O) groups is 1. The molecule has 0 aromatic rings. The largest absolute Gasteiger partial charge is 0.481 e. The molecule has 0 aromatic carbocycles. The van der Waals surface area contributed by atoms with E-state index in [-0.39, 0.29) is 17.9 Å². The Bertz CT molecular complexity index is 147. The van der Waals surface area contributed by atoms with E-state index in [1.807, 2.05) is 6.92 Å². The molecule has 0 bridgehead atoms. The van der Waals surface area contributed by atoms with Crippen molar-refractivity contribution in [2.45, 2.75) is 25.8 Å². The molecule has 1 aliphatic rings. The average Bonchev–Trinajstić information content (AvgIpc) is 2.48. The SMILES string of the molecule is CC[C@@H](C(=O)O)[C@@H]1C[C@H]1N. The summed E-state index contributed by atoms with van der Waals surface area (Å²) in [5.41, 5.74) is 5.52. The van der Waals surface area contributed by atoms with Crippen LogP contribution in [0.2, 0.25) is 0 Å². The summed E-state index contributed by atoms with van der Waals surface area (Å²) in [6.45, 7) is 1.89. The molecule has 3 nitrogen and oxygen atoms in total. The Balaban J connectivity index is 2.42. The first-order valence-electron chi connectivity index (χ1n) is 3.65. The Labute approximate surface area is 60.2 Å². The van der Waals surface area contributed by atoms with Gasteiger partial charge in [-0.05, 0) is 18.8 Å². The third-order valence-corrected chi connectivity index (χ3v) is 2.16. The summed E-state index contributed by atoms with van der Waals surface area (Å²) in [7, 11) is 0. The summed E-state index contributed by atoms with van der Waals surface area (Å²) in [6.07, 6.45) is 1.60. The first-order valence-corrected chi connectivity index (χ1v) is 3.65. The third-order valence-electron chi connectivity index (χ3n) is 2.16. The van der Waals surface area contributed by atoms with Gasteiger partial charge in [0.2, 0.25) is 0 Å². The van der Waals surface area contributed by atoms with E-state index in [4.69, 9.17) is 10.8 Å².